The molecular weight excluding hydrogens is 442 g/mol. The monoisotopic (exact) mass is 471 g/mol. The quantitative estimate of drug-likeness (QED) is 0.384. The molecule has 33 heavy (non-hydrogen) atoms. The first-order valence-electron chi connectivity index (χ1n) is 11.1. The molecule has 0 aliphatic carbocycles. The fraction of sp³-hybridized carbons (Fsp3) is 0.400. The largest absolute Gasteiger partial charge is 0.492 e. The highest BCUT2D eigenvalue weighted by molar-refractivity contribution is 6.30. The van der Waals surface area contributed by atoms with Crippen LogP contribution in [0.2, 0.25) is 5.02 Å². The molecule has 1 atom stereocenters. The van der Waals surface area contributed by atoms with Crippen LogP contribution in [0.15, 0.2) is 54.7 Å². The molecule has 1 unspecified atom stereocenters. The van der Waals surface area contributed by atoms with Crippen LogP contribution < -0.4 is 14.2 Å². The van der Waals surface area contributed by atoms with E-state index in [4.69, 9.17) is 30.5 Å². The zero-order valence-corrected chi connectivity index (χ0v) is 20.0. The summed E-state index contributed by atoms with van der Waals surface area (Å²) in [6, 6.07) is 15.4. The van der Waals surface area contributed by atoms with E-state index < -0.39 is 5.60 Å². The maximum Gasteiger partial charge on any atom is 0.231 e. The third-order valence-electron chi connectivity index (χ3n) is 5.87. The lowest BCUT2D eigenvalue weighted by Crippen LogP contribution is -2.32. The molecular formula is C25H30ClN3O4. The Morgan fingerprint density at radius 2 is 1.85 bits per heavy atom. The topological polar surface area (TPSA) is 58.0 Å². The predicted octanol–water partition coefficient (Wildman–Crippen LogP) is 4.48. The van der Waals surface area contributed by atoms with Crippen LogP contribution >= 0.6 is 11.6 Å². The average Bonchev–Trinajstić information content (AvgIpc) is 3.45. The molecule has 8 heteroatoms. The fourth-order valence-corrected chi connectivity index (χ4v) is 4.05. The van der Waals surface area contributed by atoms with E-state index in [0.717, 1.165) is 48.0 Å². The van der Waals surface area contributed by atoms with Gasteiger partial charge in [0.25, 0.3) is 0 Å². The second-order valence-electron chi connectivity index (χ2n) is 8.25. The summed E-state index contributed by atoms with van der Waals surface area (Å²) in [6.45, 7) is 5.25. The molecule has 2 aromatic carbocycles. The Morgan fingerprint density at radius 1 is 1.06 bits per heavy atom. The third-order valence-corrected chi connectivity index (χ3v) is 6.12. The van der Waals surface area contributed by atoms with Crippen molar-refractivity contribution in [1.29, 1.82) is 0 Å². The molecule has 176 valence electrons. The summed E-state index contributed by atoms with van der Waals surface area (Å²) in [4.78, 5) is 2.24. The molecule has 1 aromatic heterocycles. The predicted molar refractivity (Wildman–Crippen MR) is 127 cm³/mol. The summed E-state index contributed by atoms with van der Waals surface area (Å²) in [7, 11) is 4.02. The standard InChI is InChI=1S/C25H30ClN3O4/c1-25(24-11-12-27-29(24)3,19-5-7-20(26)8-6-19)33-15-4-13-28(2)14-16-30-21-9-10-22-23(17-21)32-18-31-22/h5-12,17H,4,13-16,18H2,1-3H3. The summed E-state index contributed by atoms with van der Waals surface area (Å²) in [6.07, 6.45) is 2.68. The van der Waals surface area contributed by atoms with E-state index in [2.05, 4.69) is 24.0 Å². The van der Waals surface area contributed by atoms with Gasteiger partial charge < -0.3 is 23.8 Å². The van der Waals surface area contributed by atoms with Crippen molar-refractivity contribution in [3.63, 3.8) is 0 Å². The molecule has 2 heterocycles. The fourth-order valence-electron chi connectivity index (χ4n) is 3.92. The van der Waals surface area contributed by atoms with E-state index in [9.17, 15) is 0 Å². The van der Waals surface area contributed by atoms with Gasteiger partial charge in [0.15, 0.2) is 11.5 Å². The highest BCUT2D eigenvalue weighted by atomic mass is 35.5. The van der Waals surface area contributed by atoms with Gasteiger partial charge in [-0.25, -0.2) is 0 Å². The highest BCUT2D eigenvalue weighted by Crippen LogP contribution is 2.35. The average molecular weight is 472 g/mol. The molecule has 0 spiro atoms. The minimum atomic E-state index is -0.614. The number of nitrogens with zero attached hydrogens (tertiary/aromatic N) is 3. The van der Waals surface area contributed by atoms with Gasteiger partial charge in [0.05, 0.1) is 5.69 Å². The molecule has 0 fully saturated rings. The van der Waals surface area contributed by atoms with Crippen LogP contribution in [0.5, 0.6) is 17.2 Å². The smallest absolute Gasteiger partial charge is 0.231 e. The normalized spacial score (nSPS) is 14.5. The van der Waals surface area contributed by atoms with Crippen molar-refractivity contribution in [3.05, 3.63) is 71.0 Å². The van der Waals surface area contributed by atoms with Crippen LogP contribution in [-0.2, 0) is 17.4 Å². The van der Waals surface area contributed by atoms with E-state index in [0.29, 0.717) is 18.2 Å². The number of ether oxygens (including phenoxy) is 4. The molecule has 1 aliphatic heterocycles. The van der Waals surface area contributed by atoms with Crippen LogP contribution in [0.25, 0.3) is 0 Å². The SMILES string of the molecule is CN(CCCOC(C)(c1ccc(Cl)cc1)c1ccnn1C)CCOc1ccc2c(c1)OCO2. The van der Waals surface area contributed by atoms with Gasteiger partial charge in [-0.1, -0.05) is 23.7 Å². The first-order valence-corrected chi connectivity index (χ1v) is 11.4. The zero-order chi connectivity index (χ0) is 23.3. The third kappa shape index (κ3) is 5.61. The van der Waals surface area contributed by atoms with Crippen LogP contribution in [0.3, 0.4) is 0 Å². The van der Waals surface area contributed by atoms with Crippen molar-refractivity contribution in [3.8, 4) is 17.2 Å². The lowest BCUT2D eigenvalue weighted by atomic mass is 9.92. The number of halogens is 1. The number of fused-ring (bicyclic) bond motifs is 1. The van der Waals surface area contributed by atoms with Crippen LogP contribution in [-0.4, -0.2) is 54.8 Å². The number of likely N-dealkylation sites (N-methyl/N-ethyl adjacent to an activating group) is 1. The van der Waals surface area contributed by atoms with Crippen LogP contribution in [0.1, 0.15) is 24.6 Å². The summed E-state index contributed by atoms with van der Waals surface area (Å²) in [5.74, 6) is 2.28. The lowest BCUT2D eigenvalue weighted by molar-refractivity contribution is -0.0134. The van der Waals surface area contributed by atoms with E-state index in [1.165, 1.54) is 0 Å². The van der Waals surface area contributed by atoms with Crippen molar-refractivity contribution in [1.82, 2.24) is 14.7 Å². The summed E-state index contributed by atoms with van der Waals surface area (Å²) in [5, 5.41) is 5.04. The summed E-state index contributed by atoms with van der Waals surface area (Å²) < 4.78 is 24.9. The Kier molecular flexibility index (Phi) is 7.42. The highest BCUT2D eigenvalue weighted by Gasteiger charge is 2.32. The van der Waals surface area contributed by atoms with Gasteiger partial charge in [0, 0.05) is 44.0 Å². The van der Waals surface area contributed by atoms with Gasteiger partial charge in [-0.3, -0.25) is 4.68 Å². The summed E-state index contributed by atoms with van der Waals surface area (Å²) >= 11 is 6.10. The number of hydrogen-bond donors (Lipinski definition) is 0. The van der Waals surface area contributed by atoms with E-state index >= 15 is 0 Å². The van der Waals surface area contributed by atoms with Crippen LogP contribution in [0, 0.1) is 0 Å². The number of benzene rings is 2. The van der Waals surface area contributed by atoms with Gasteiger partial charge in [0.2, 0.25) is 6.79 Å². The first-order chi connectivity index (χ1) is 16.0. The molecule has 3 aromatic rings. The van der Waals surface area contributed by atoms with Crippen molar-refractivity contribution >= 4 is 11.6 Å². The van der Waals surface area contributed by atoms with Crippen molar-refractivity contribution < 1.29 is 18.9 Å². The Labute approximate surface area is 199 Å². The second-order valence-corrected chi connectivity index (χ2v) is 8.69. The number of rotatable bonds is 11. The van der Waals surface area contributed by atoms with E-state index in [-0.39, 0.29) is 6.79 Å². The minimum absolute atomic E-state index is 0.265. The molecule has 7 nitrogen and oxygen atoms in total. The second kappa shape index (κ2) is 10.5. The Hall–Kier alpha value is -2.74. The maximum absolute atomic E-state index is 6.46. The van der Waals surface area contributed by atoms with Gasteiger partial charge in [0.1, 0.15) is 18.0 Å². The number of aromatic nitrogens is 2. The molecule has 0 N–H and O–H groups in total. The Morgan fingerprint density at radius 3 is 2.61 bits per heavy atom. The zero-order valence-electron chi connectivity index (χ0n) is 19.3. The van der Waals surface area contributed by atoms with Crippen molar-refractivity contribution in [2.24, 2.45) is 7.05 Å². The lowest BCUT2D eigenvalue weighted by Gasteiger charge is -2.31. The first kappa shape index (κ1) is 23.4. The minimum Gasteiger partial charge on any atom is -0.492 e. The molecule has 0 bridgehead atoms. The Balaban J connectivity index is 1.25. The van der Waals surface area contributed by atoms with E-state index in [1.807, 2.05) is 60.3 Å². The Bertz CT molecular complexity index is 1060. The maximum atomic E-state index is 6.46. The molecule has 4 rings (SSSR count). The number of hydrogen-bond acceptors (Lipinski definition) is 6. The van der Waals surface area contributed by atoms with Crippen molar-refractivity contribution in [2.45, 2.75) is 18.9 Å². The van der Waals surface area contributed by atoms with E-state index in [1.54, 1.807) is 6.20 Å². The molecule has 0 saturated carbocycles. The van der Waals surface area contributed by atoms with Crippen molar-refractivity contribution in [2.75, 3.05) is 40.1 Å². The molecule has 0 saturated heterocycles. The van der Waals surface area contributed by atoms with Gasteiger partial charge in [-0.05, 0) is 56.3 Å². The number of aryl methyl sites for hydroxylation is 1. The molecule has 0 radical (unpaired) electrons. The summed E-state index contributed by atoms with van der Waals surface area (Å²) in [5.41, 5.74) is 1.42. The van der Waals surface area contributed by atoms with Gasteiger partial charge in [-0.2, -0.15) is 5.10 Å². The molecule has 1 aliphatic rings. The van der Waals surface area contributed by atoms with Gasteiger partial charge >= 0.3 is 0 Å². The van der Waals surface area contributed by atoms with Gasteiger partial charge in [-0.15, -0.1) is 0 Å². The molecule has 0 amide bonds. The van der Waals surface area contributed by atoms with Crippen LogP contribution in [0.4, 0.5) is 0 Å².